The topological polar surface area (TPSA) is 88.9 Å². The maximum Gasteiger partial charge on any atom is 0.270 e. The summed E-state index contributed by atoms with van der Waals surface area (Å²) in [6.45, 7) is 5.96. The Morgan fingerprint density at radius 3 is 2.92 bits per heavy atom. The Bertz CT molecular complexity index is 745. The first-order valence-corrected chi connectivity index (χ1v) is 8.30. The lowest BCUT2D eigenvalue weighted by Crippen LogP contribution is -2.68. The lowest BCUT2D eigenvalue weighted by atomic mass is 9.71. The highest BCUT2D eigenvalue weighted by Crippen LogP contribution is 2.43. The number of aryl methyl sites for hydroxylation is 1. The largest absolute Gasteiger partial charge is 0.376 e. The van der Waals surface area contributed by atoms with E-state index in [0.717, 1.165) is 31.6 Å². The maximum atomic E-state index is 13.1. The number of hydrogen-bond acceptors (Lipinski definition) is 5. The molecule has 0 bridgehead atoms. The average Bonchev–Trinajstić information content (AvgIpc) is 3.25. The highest BCUT2D eigenvalue weighted by Gasteiger charge is 2.53. The molecule has 8 heteroatoms. The molecular formula is C16H22N6O2. The van der Waals surface area contributed by atoms with E-state index in [2.05, 4.69) is 34.5 Å². The number of ether oxygens (including phenoxy) is 1. The van der Waals surface area contributed by atoms with Gasteiger partial charge in [-0.25, -0.2) is 0 Å². The van der Waals surface area contributed by atoms with E-state index in [1.807, 2.05) is 28.8 Å². The lowest BCUT2D eigenvalue weighted by Gasteiger charge is -2.56. The Kier molecular flexibility index (Phi) is 3.45. The Morgan fingerprint density at radius 2 is 2.29 bits per heavy atom. The van der Waals surface area contributed by atoms with Gasteiger partial charge in [-0.3, -0.25) is 4.79 Å². The van der Waals surface area contributed by atoms with Crippen molar-refractivity contribution in [1.82, 2.24) is 30.1 Å². The fraction of sp³-hybridized carbons (Fsp3) is 0.625. The number of aromatic amines is 1. The molecular weight excluding hydrogens is 308 g/mol. The zero-order valence-electron chi connectivity index (χ0n) is 14.2. The number of H-pyrrole nitrogens is 1. The van der Waals surface area contributed by atoms with Crippen molar-refractivity contribution in [3.05, 3.63) is 18.0 Å². The van der Waals surface area contributed by atoms with Crippen LogP contribution in [0.4, 0.5) is 0 Å². The number of tetrazole rings is 1. The first-order chi connectivity index (χ1) is 11.5. The van der Waals surface area contributed by atoms with E-state index in [4.69, 9.17) is 4.74 Å². The molecule has 0 aliphatic carbocycles. The van der Waals surface area contributed by atoms with Crippen LogP contribution >= 0.6 is 0 Å². The second-order valence-corrected chi connectivity index (χ2v) is 7.38. The Morgan fingerprint density at radius 1 is 1.46 bits per heavy atom. The van der Waals surface area contributed by atoms with Crippen LogP contribution in [0, 0.1) is 5.41 Å². The number of nitrogens with one attached hydrogen (secondary N) is 1. The third kappa shape index (κ3) is 2.32. The van der Waals surface area contributed by atoms with Gasteiger partial charge in [-0.15, -0.1) is 10.2 Å². The summed E-state index contributed by atoms with van der Waals surface area (Å²) in [4.78, 5) is 15.0. The first-order valence-electron chi connectivity index (χ1n) is 8.30. The maximum absolute atomic E-state index is 13.1. The molecule has 0 saturated carbocycles. The fourth-order valence-corrected chi connectivity index (χ4v) is 4.02. The summed E-state index contributed by atoms with van der Waals surface area (Å²) in [5.74, 6) is 0.524. The van der Waals surface area contributed by atoms with Gasteiger partial charge in [-0.2, -0.15) is 5.21 Å². The minimum Gasteiger partial charge on any atom is -0.376 e. The molecule has 2 aromatic heterocycles. The molecule has 8 nitrogen and oxygen atoms in total. The highest BCUT2D eigenvalue weighted by molar-refractivity contribution is 5.95. The van der Waals surface area contributed by atoms with Gasteiger partial charge in [0.2, 0.25) is 5.82 Å². The van der Waals surface area contributed by atoms with Crippen LogP contribution in [0.3, 0.4) is 0 Å². The van der Waals surface area contributed by atoms with Crippen LogP contribution in [0.2, 0.25) is 0 Å². The molecule has 24 heavy (non-hydrogen) atoms. The van der Waals surface area contributed by atoms with Gasteiger partial charge in [-0.1, -0.05) is 13.8 Å². The molecule has 2 saturated heterocycles. The monoisotopic (exact) mass is 330 g/mol. The summed E-state index contributed by atoms with van der Waals surface area (Å²) in [6.07, 6.45) is 4.10. The van der Waals surface area contributed by atoms with E-state index in [1.165, 1.54) is 0 Å². The van der Waals surface area contributed by atoms with Crippen molar-refractivity contribution in [3.63, 3.8) is 0 Å². The molecule has 2 unspecified atom stereocenters. The smallest absolute Gasteiger partial charge is 0.270 e. The number of amides is 1. The van der Waals surface area contributed by atoms with Crippen molar-refractivity contribution < 1.29 is 9.53 Å². The van der Waals surface area contributed by atoms with E-state index in [0.29, 0.717) is 11.5 Å². The molecule has 0 spiro atoms. The second kappa shape index (κ2) is 5.41. The number of aromatic nitrogens is 5. The van der Waals surface area contributed by atoms with Crippen LogP contribution in [-0.2, 0) is 11.8 Å². The second-order valence-electron chi connectivity index (χ2n) is 7.38. The van der Waals surface area contributed by atoms with Crippen LogP contribution in [0.5, 0.6) is 0 Å². The normalized spacial score (nSPS) is 25.7. The predicted octanol–water partition coefficient (Wildman–Crippen LogP) is 1.23. The highest BCUT2D eigenvalue weighted by atomic mass is 16.5. The number of carbonyl (C=O) groups excluding carboxylic acids is 1. The van der Waals surface area contributed by atoms with E-state index >= 15 is 0 Å². The quantitative estimate of drug-likeness (QED) is 0.914. The zero-order valence-corrected chi connectivity index (χ0v) is 14.2. The van der Waals surface area contributed by atoms with Crippen LogP contribution in [0.15, 0.2) is 12.3 Å². The van der Waals surface area contributed by atoms with Crippen LogP contribution in [0.1, 0.15) is 37.2 Å². The standard InChI is InChI=1S/C16H22N6O2/c1-16(2)9-22(13(16)12-5-4-6-24-12)15(23)11-7-10(8-21(11)3)14-17-19-20-18-14/h7-8,12-13H,4-6,9H2,1-3H3,(H,17,18,19,20). The zero-order chi connectivity index (χ0) is 16.9. The molecule has 2 aliphatic rings. The minimum atomic E-state index is 0.0343. The molecule has 2 aromatic rings. The fourth-order valence-electron chi connectivity index (χ4n) is 4.02. The van der Waals surface area contributed by atoms with Gasteiger partial charge in [0.1, 0.15) is 5.69 Å². The number of hydrogen-bond donors (Lipinski definition) is 1. The van der Waals surface area contributed by atoms with Gasteiger partial charge in [-0.05, 0) is 24.1 Å². The van der Waals surface area contributed by atoms with Crippen molar-refractivity contribution in [1.29, 1.82) is 0 Å². The molecule has 2 fully saturated rings. The van der Waals surface area contributed by atoms with E-state index in [1.54, 1.807) is 0 Å². The first kappa shape index (κ1) is 15.3. The number of rotatable bonds is 3. The van der Waals surface area contributed by atoms with Crippen molar-refractivity contribution >= 4 is 5.91 Å². The van der Waals surface area contributed by atoms with Gasteiger partial charge < -0.3 is 14.2 Å². The van der Waals surface area contributed by atoms with E-state index < -0.39 is 0 Å². The molecule has 128 valence electrons. The lowest BCUT2D eigenvalue weighted by molar-refractivity contribution is -0.0964. The summed E-state index contributed by atoms with van der Waals surface area (Å²) >= 11 is 0. The average molecular weight is 330 g/mol. The Balaban J connectivity index is 1.59. The number of carbonyl (C=O) groups is 1. The third-order valence-corrected chi connectivity index (χ3v) is 5.12. The van der Waals surface area contributed by atoms with E-state index in [9.17, 15) is 4.79 Å². The SMILES string of the molecule is Cn1cc(-c2nn[nH]n2)cc1C(=O)N1CC(C)(C)C1C1CCCO1. The van der Waals surface area contributed by atoms with Crippen molar-refractivity contribution in [2.24, 2.45) is 12.5 Å². The van der Waals surface area contributed by atoms with Crippen LogP contribution in [0.25, 0.3) is 11.4 Å². The number of nitrogens with zero attached hydrogens (tertiary/aromatic N) is 5. The van der Waals surface area contributed by atoms with E-state index in [-0.39, 0.29) is 23.5 Å². The molecule has 4 rings (SSSR count). The number of likely N-dealkylation sites (tertiary alicyclic amines) is 1. The van der Waals surface area contributed by atoms with Gasteiger partial charge in [0.25, 0.3) is 5.91 Å². The van der Waals surface area contributed by atoms with Crippen molar-refractivity contribution in [3.8, 4) is 11.4 Å². The summed E-state index contributed by atoms with van der Waals surface area (Å²) in [6, 6.07) is 1.96. The summed E-state index contributed by atoms with van der Waals surface area (Å²) in [7, 11) is 1.86. The molecule has 2 atom stereocenters. The molecule has 1 N–H and O–H groups in total. The van der Waals surface area contributed by atoms with Crippen LogP contribution in [-0.4, -0.2) is 61.3 Å². The summed E-state index contributed by atoms with van der Waals surface area (Å²) < 4.78 is 7.70. The van der Waals surface area contributed by atoms with Gasteiger partial charge in [0, 0.05) is 37.4 Å². The van der Waals surface area contributed by atoms with Gasteiger partial charge in [0.15, 0.2) is 0 Å². The van der Waals surface area contributed by atoms with Crippen molar-refractivity contribution in [2.45, 2.75) is 38.8 Å². The molecule has 0 aromatic carbocycles. The Hall–Kier alpha value is -2.22. The minimum absolute atomic E-state index is 0.0343. The molecule has 1 amide bonds. The van der Waals surface area contributed by atoms with Crippen LogP contribution < -0.4 is 0 Å². The molecule has 4 heterocycles. The predicted molar refractivity (Wildman–Crippen MR) is 86.2 cm³/mol. The molecule has 2 aliphatic heterocycles. The van der Waals surface area contributed by atoms with Crippen molar-refractivity contribution in [2.75, 3.05) is 13.2 Å². The van der Waals surface area contributed by atoms with Gasteiger partial charge in [0.05, 0.1) is 12.1 Å². The Labute approximate surface area is 140 Å². The van der Waals surface area contributed by atoms with Gasteiger partial charge >= 0.3 is 0 Å². The summed E-state index contributed by atoms with van der Waals surface area (Å²) in [5.41, 5.74) is 1.50. The third-order valence-electron chi connectivity index (χ3n) is 5.12. The molecule has 0 radical (unpaired) electrons. The summed E-state index contributed by atoms with van der Waals surface area (Å²) in [5, 5.41) is 14.0.